The van der Waals surface area contributed by atoms with Crippen molar-refractivity contribution in [2.75, 3.05) is 10.6 Å². The number of non-ortho nitro benzene ring substituents is 1. The molecule has 146 valence electrons. The second-order valence-corrected chi connectivity index (χ2v) is 7.39. The van der Waals surface area contributed by atoms with E-state index in [0.29, 0.717) is 0 Å². The van der Waals surface area contributed by atoms with E-state index in [0.717, 1.165) is 18.2 Å². The van der Waals surface area contributed by atoms with Crippen LogP contribution < -0.4 is 15.8 Å². The van der Waals surface area contributed by atoms with E-state index in [1.807, 2.05) is 0 Å². The van der Waals surface area contributed by atoms with Gasteiger partial charge in [-0.3, -0.25) is 19.7 Å². The van der Waals surface area contributed by atoms with E-state index in [4.69, 9.17) is 5.14 Å². The number of nitro benzene ring substituents is 1. The highest BCUT2D eigenvalue weighted by molar-refractivity contribution is 7.89. The van der Waals surface area contributed by atoms with Gasteiger partial charge in [-0.05, 0) is 30.3 Å². The van der Waals surface area contributed by atoms with E-state index in [2.05, 4.69) is 10.6 Å². The normalized spacial score (nSPS) is 14.4. The highest BCUT2D eigenvalue weighted by Crippen LogP contribution is 2.36. The molecule has 0 atom stereocenters. The molecule has 0 bridgehead atoms. The molecule has 1 heterocycles. The number of rotatable bonds is 4. The van der Waals surface area contributed by atoms with Crippen LogP contribution in [0.1, 0.15) is 5.56 Å². The lowest BCUT2D eigenvalue weighted by atomic mass is 10.0. The number of nitrogens with one attached hydrogen (secondary N) is 2. The van der Waals surface area contributed by atoms with Gasteiger partial charge in [0, 0.05) is 29.1 Å². The summed E-state index contributed by atoms with van der Waals surface area (Å²) in [5.41, 5.74) is -0.737. The van der Waals surface area contributed by atoms with E-state index in [1.54, 1.807) is 6.07 Å². The number of benzene rings is 2. The van der Waals surface area contributed by atoms with Gasteiger partial charge in [-0.1, -0.05) is 0 Å². The minimum atomic E-state index is -3.92. The number of nitro groups is 1. The van der Waals surface area contributed by atoms with E-state index < -0.39 is 32.3 Å². The molecule has 1 aliphatic rings. The number of hydrogen-bond donors (Lipinski definition) is 3. The second kappa shape index (κ2) is 7.15. The molecular weight excluding hydrogens is 402 g/mol. The molecule has 0 spiro atoms. The zero-order valence-corrected chi connectivity index (χ0v) is 15.2. The monoisotopic (exact) mass is 413 g/mol. The molecule has 2 aromatic rings. The van der Waals surface area contributed by atoms with Crippen LogP contribution in [0, 0.1) is 21.4 Å². The first-order valence-corrected chi connectivity index (χ1v) is 9.35. The third-order valence-corrected chi connectivity index (χ3v) is 4.92. The predicted octanol–water partition coefficient (Wildman–Crippen LogP) is 1.11. The standard InChI is InChI=1S/C17H11N5O6S/c18-8-13(16(23)20-9-1-4-11(5-2-9)29(19,27)28)15-12-7-10(22(25)26)3-6-14(12)21-17(15)24/h1-7H,(H,20,23)(H,21,24)(H2,19,27,28)/b15-13+. The summed E-state index contributed by atoms with van der Waals surface area (Å²) in [6.07, 6.45) is 0. The average Bonchev–Trinajstić information content (AvgIpc) is 2.97. The van der Waals surface area contributed by atoms with Gasteiger partial charge in [0.15, 0.2) is 0 Å². The maximum Gasteiger partial charge on any atom is 0.270 e. The van der Waals surface area contributed by atoms with Crippen LogP contribution in [0.15, 0.2) is 52.9 Å². The van der Waals surface area contributed by atoms with Crippen molar-refractivity contribution in [1.29, 1.82) is 5.26 Å². The third kappa shape index (κ3) is 3.81. The fourth-order valence-corrected chi connectivity index (χ4v) is 3.17. The molecule has 0 aromatic heterocycles. The number of amides is 2. The highest BCUT2D eigenvalue weighted by atomic mass is 32.2. The number of anilines is 2. The van der Waals surface area contributed by atoms with Crippen LogP contribution in [-0.4, -0.2) is 25.2 Å². The number of carbonyl (C=O) groups excluding carboxylic acids is 2. The van der Waals surface area contributed by atoms with Crippen LogP contribution in [0.25, 0.3) is 5.57 Å². The molecule has 0 aliphatic carbocycles. The number of primary sulfonamides is 1. The first kappa shape index (κ1) is 19.7. The summed E-state index contributed by atoms with van der Waals surface area (Å²) >= 11 is 0. The third-order valence-electron chi connectivity index (χ3n) is 3.99. The van der Waals surface area contributed by atoms with E-state index in [-0.39, 0.29) is 33.1 Å². The zero-order chi connectivity index (χ0) is 21.3. The lowest BCUT2D eigenvalue weighted by molar-refractivity contribution is -0.384. The van der Waals surface area contributed by atoms with Crippen molar-refractivity contribution in [3.63, 3.8) is 0 Å². The molecule has 4 N–H and O–H groups in total. The Hall–Kier alpha value is -4.08. The van der Waals surface area contributed by atoms with Crippen LogP contribution in [0.3, 0.4) is 0 Å². The minimum absolute atomic E-state index is 0.0560. The van der Waals surface area contributed by atoms with Crippen molar-refractivity contribution in [1.82, 2.24) is 0 Å². The van der Waals surface area contributed by atoms with Crippen LogP contribution >= 0.6 is 0 Å². The number of hydrogen-bond acceptors (Lipinski definition) is 7. The number of nitriles is 1. The first-order chi connectivity index (χ1) is 13.6. The number of nitrogens with two attached hydrogens (primary N) is 1. The first-order valence-electron chi connectivity index (χ1n) is 7.80. The van der Waals surface area contributed by atoms with Crippen LogP contribution in [0.4, 0.5) is 17.1 Å². The van der Waals surface area contributed by atoms with Crippen molar-refractivity contribution in [2.24, 2.45) is 5.14 Å². The van der Waals surface area contributed by atoms with Crippen molar-refractivity contribution < 1.29 is 22.9 Å². The van der Waals surface area contributed by atoms with Crippen molar-refractivity contribution >= 4 is 44.5 Å². The molecule has 2 amide bonds. The van der Waals surface area contributed by atoms with Crippen molar-refractivity contribution in [3.05, 3.63) is 63.7 Å². The molecular formula is C17H11N5O6S. The van der Waals surface area contributed by atoms with E-state index >= 15 is 0 Å². The molecule has 0 radical (unpaired) electrons. The maximum atomic E-state index is 12.5. The Morgan fingerprint density at radius 2 is 1.86 bits per heavy atom. The fraction of sp³-hybridized carbons (Fsp3) is 0. The Bertz CT molecular complexity index is 1240. The summed E-state index contributed by atoms with van der Waals surface area (Å²) in [5.74, 6) is -1.70. The summed E-state index contributed by atoms with van der Waals surface area (Å²) < 4.78 is 22.5. The van der Waals surface area contributed by atoms with E-state index in [1.165, 1.54) is 24.3 Å². The zero-order valence-electron chi connectivity index (χ0n) is 14.4. The van der Waals surface area contributed by atoms with Crippen molar-refractivity contribution in [3.8, 4) is 6.07 Å². The summed E-state index contributed by atoms with van der Waals surface area (Å²) in [4.78, 5) is 35.0. The van der Waals surface area contributed by atoms with Gasteiger partial charge in [-0.15, -0.1) is 0 Å². The summed E-state index contributed by atoms with van der Waals surface area (Å²) in [6.45, 7) is 0. The van der Waals surface area contributed by atoms with Gasteiger partial charge in [0.1, 0.15) is 11.6 Å². The van der Waals surface area contributed by atoms with Crippen molar-refractivity contribution in [2.45, 2.75) is 4.90 Å². The predicted molar refractivity (Wildman–Crippen MR) is 101 cm³/mol. The Balaban J connectivity index is 1.99. The molecule has 11 nitrogen and oxygen atoms in total. The lowest BCUT2D eigenvalue weighted by Crippen LogP contribution is -2.18. The molecule has 1 aliphatic heterocycles. The molecule has 0 saturated carbocycles. The summed E-state index contributed by atoms with van der Waals surface area (Å²) in [6, 6.07) is 10.0. The Labute approximate surface area is 163 Å². The highest BCUT2D eigenvalue weighted by Gasteiger charge is 2.32. The fourth-order valence-electron chi connectivity index (χ4n) is 2.66. The van der Waals surface area contributed by atoms with Crippen LogP contribution in [0.2, 0.25) is 0 Å². The smallest absolute Gasteiger partial charge is 0.270 e. The molecule has 0 unspecified atom stereocenters. The van der Waals surface area contributed by atoms with Gasteiger partial charge in [-0.2, -0.15) is 5.26 Å². The number of carbonyl (C=O) groups is 2. The van der Waals surface area contributed by atoms with Gasteiger partial charge >= 0.3 is 0 Å². The molecule has 29 heavy (non-hydrogen) atoms. The average molecular weight is 413 g/mol. The van der Waals surface area contributed by atoms with Gasteiger partial charge in [0.25, 0.3) is 17.5 Å². The molecule has 0 saturated heterocycles. The van der Waals surface area contributed by atoms with E-state index in [9.17, 15) is 33.4 Å². The quantitative estimate of drug-likeness (QED) is 0.290. The summed E-state index contributed by atoms with van der Waals surface area (Å²) in [7, 11) is -3.92. The lowest BCUT2D eigenvalue weighted by Gasteiger charge is -2.07. The molecule has 3 rings (SSSR count). The largest absolute Gasteiger partial charge is 0.321 e. The molecule has 0 fully saturated rings. The van der Waals surface area contributed by atoms with Gasteiger partial charge < -0.3 is 10.6 Å². The Morgan fingerprint density at radius 3 is 2.41 bits per heavy atom. The topological polar surface area (TPSA) is 185 Å². The van der Waals surface area contributed by atoms with Gasteiger partial charge in [-0.25, -0.2) is 13.6 Å². The Morgan fingerprint density at radius 1 is 1.21 bits per heavy atom. The molecule has 2 aromatic carbocycles. The number of fused-ring (bicyclic) bond motifs is 1. The SMILES string of the molecule is N#C/C(C(=O)Nc1ccc(S(N)(=O)=O)cc1)=C1\C(=O)Nc2ccc([N+](=O)[O-])cc21. The number of nitrogens with zero attached hydrogens (tertiary/aromatic N) is 2. The number of sulfonamides is 1. The van der Waals surface area contributed by atoms with Crippen LogP contribution in [0.5, 0.6) is 0 Å². The maximum absolute atomic E-state index is 12.5. The Kier molecular flexibility index (Phi) is 4.85. The molecule has 12 heteroatoms. The van der Waals surface area contributed by atoms with Crippen LogP contribution in [-0.2, 0) is 19.6 Å². The van der Waals surface area contributed by atoms with Gasteiger partial charge in [0.2, 0.25) is 10.0 Å². The summed E-state index contributed by atoms with van der Waals surface area (Å²) in [5, 5.41) is 30.2. The second-order valence-electron chi connectivity index (χ2n) is 5.83. The minimum Gasteiger partial charge on any atom is -0.321 e. The van der Waals surface area contributed by atoms with Gasteiger partial charge in [0.05, 0.1) is 15.4 Å².